The minimum Gasteiger partial charge on any atom is -0.356 e. The minimum absolute atomic E-state index is 0.00572. The van der Waals surface area contributed by atoms with Crippen LogP contribution in [0.1, 0.15) is 35.8 Å². The number of rotatable bonds is 5. The third kappa shape index (κ3) is 4.03. The Labute approximate surface area is 174 Å². The van der Waals surface area contributed by atoms with E-state index in [1.54, 1.807) is 18.3 Å². The van der Waals surface area contributed by atoms with Crippen LogP contribution in [-0.4, -0.2) is 46.6 Å². The van der Waals surface area contributed by atoms with Gasteiger partial charge in [0, 0.05) is 32.9 Å². The summed E-state index contributed by atoms with van der Waals surface area (Å²) in [5, 5.41) is 3.98. The first-order chi connectivity index (χ1) is 14.4. The second-order valence-electron chi connectivity index (χ2n) is 7.74. The summed E-state index contributed by atoms with van der Waals surface area (Å²) in [6.07, 6.45) is 3.65. The van der Waals surface area contributed by atoms with Gasteiger partial charge in [-0.05, 0) is 37.5 Å². The van der Waals surface area contributed by atoms with Crippen molar-refractivity contribution in [2.75, 3.05) is 25.5 Å². The monoisotopic (exact) mass is 409 g/mol. The molecular weight excluding hydrogens is 385 g/mol. The molecule has 0 spiro atoms. The van der Waals surface area contributed by atoms with Crippen molar-refractivity contribution in [1.29, 1.82) is 0 Å². The van der Waals surface area contributed by atoms with Gasteiger partial charge in [-0.3, -0.25) is 4.79 Å². The van der Waals surface area contributed by atoms with Crippen LogP contribution in [0.4, 0.5) is 10.3 Å². The summed E-state index contributed by atoms with van der Waals surface area (Å²) in [7, 11) is 3.76. The molecule has 3 aromatic rings. The largest absolute Gasteiger partial charge is 0.356 e. The quantitative estimate of drug-likeness (QED) is 0.642. The van der Waals surface area contributed by atoms with E-state index in [0.29, 0.717) is 18.3 Å². The molecule has 1 aliphatic rings. The van der Waals surface area contributed by atoms with Gasteiger partial charge in [0.1, 0.15) is 5.82 Å². The topological polar surface area (TPSA) is 75.4 Å². The molecule has 1 atom stereocenters. The smallest absolute Gasteiger partial charge is 0.227 e. The molecule has 0 radical (unpaired) electrons. The molecule has 1 aliphatic heterocycles. The summed E-state index contributed by atoms with van der Waals surface area (Å²) in [6.45, 7) is 2.51. The lowest BCUT2D eigenvalue weighted by Crippen LogP contribution is -2.32. The van der Waals surface area contributed by atoms with Gasteiger partial charge in [0.05, 0.1) is 29.4 Å². The number of amides is 1. The molecule has 30 heavy (non-hydrogen) atoms. The maximum Gasteiger partial charge on any atom is 0.227 e. The van der Waals surface area contributed by atoms with Crippen LogP contribution < -0.4 is 4.90 Å². The molecule has 1 amide bonds. The zero-order valence-electron chi connectivity index (χ0n) is 17.3. The van der Waals surface area contributed by atoms with E-state index >= 15 is 0 Å². The van der Waals surface area contributed by atoms with E-state index in [1.165, 1.54) is 12.1 Å². The fourth-order valence-corrected chi connectivity index (χ4v) is 3.76. The number of hydrogen-bond donors (Lipinski definition) is 0. The van der Waals surface area contributed by atoms with Gasteiger partial charge in [-0.25, -0.2) is 14.4 Å². The fourth-order valence-electron chi connectivity index (χ4n) is 3.76. The van der Waals surface area contributed by atoms with E-state index in [9.17, 15) is 9.18 Å². The number of benzene rings is 1. The Morgan fingerprint density at radius 2 is 2.07 bits per heavy atom. The number of anilines is 1. The van der Waals surface area contributed by atoms with Gasteiger partial charge in [0.15, 0.2) is 5.76 Å². The normalized spacial score (nSPS) is 16.1. The lowest BCUT2D eigenvalue weighted by atomic mass is 10.0. The van der Waals surface area contributed by atoms with Crippen molar-refractivity contribution in [2.45, 2.75) is 32.2 Å². The molecule has 2 aromatic heterocycles. The molecule has 0 unspecified atom stereocenters. The summed E-state index contributed by atoms with van der Waals surface area (Å²) >= 11 is 0. The molecule has 0 N–H and O–H groups in total. The van der Waals surface area contributed by atoms with Gasteiger partial charge in [-0.2, -0.15) is 0 Å². The average Bonchev–Trinajstić information content (AvgIpc) is 3.38. The molecule has 1 fully saturated rings. The number of likely N-dealkylation sites (tertiary alicyclic amines) is 1. The first-order valence-corrected chi connectivity index (χ1v) is 9.94. The van der Waals surface area contributed by atoms with E-state index in [4.69, 9.17) is 9.51 Å². The first-order valence-electron chi connectivity index (χ1n) is 9.94. The summed E-state index contributed by atoms with van der Waals surface area (Å²) in [5.41, 5.74) is 3.06. The molecule has 1 aromatic carbocycles. The Morgan fingerprint density at radius 1 is 1.30 bits per heavy atom. The Hall–Kier alpha value is -3.29. The Bertz CT molecular complexity index is 1050. The maximum atomic E-state index is 13.2. The maximum absolute atomic E-state index is 13.2. The van der Waals surface area contributed by atoms with Crippen LogP contribution in [0, 0.1) is 12.7 Å². The lowest BCUT2D eigenvalue weighted by Gasteiger charge is -2.26. The second-order valence-corrected chi connectivity index (χ2v) is 7.74. The molecular formula is C22H24FN5O2. The molecule has 7 nitrogen and oxygen atoms in total. The van der Waals surface area contributed by atoms with Crippen LogP contribution in [-0.2, 0) is 11.2 Å². The molecule has 4 rings (SSSR count). The van der Waals surface area contributed by atoms with Gasteiger partial charge in [-0.1, -0.05) is 17.3 Å². The van der Waals surface area contributed by atoms with E-state index in [1.807, 2.05) is 36.9 Å². The van der Waals surface area contributed by atoms with E-state index in [2.05, 4.69) is 10.1 Å². The van der Waals surface area contributed by atoms with Crippen LogP contribution in [0.2, 0.25) is 0 Å². The third-order valence-corrected chi connectivity index (χ3v) is 5.26. The number of halogens is 1. The van der Waals surface area contributed by atoms with Crippen molar-refractivity contribution >= 4 is 11.9 Å². The number of carbonyl (C=O) groups is 1. The molecule has 1 saturated heterocycles. The van der Waals surface area contributed by atoms with Crippen LogP contribution in [0.25, 0.3) is 11.3 Å². The highest BCUT2D eigenvalue weighted by Gasteiger charge is 2.34. The molecule has 3 heterocycles. The number of aryl methyl sites for hydroxylation is 1. The molecule has 8 heteroatoms. The Kier molecular flexibility index (Phi) is 5.48. The van der Waals surface area contributed by atoms with E-state index < -0.39 is 0 Å². The first kappa shape index (κ1) is 20.0. The van der Waals surface area contributed by atoms with Crippen molar-refractivity contribution in [3.63, 3.8) is 0 Å². The van der Waals surface area contributed by atoms with Crippen molar-refractivity contribution in [3.8, 4) is 11.3 Å². The SMILES string of the molecule is Cc1cc(-c2cnc(N(C)C)nc2[C@@H]2CCCN2C(=O)Cc2ccc(F)cc2)on1. The number of hydrogen-bond acceptors (Lipinski definition) is 6. The van der Waals surface area contributed by atoms with Crippen molar-refractivity contribution < 1.29 is 13.7 Å². The van der Waals surface area contributed by atoms with Crippen LogP contribution in [0.3, 0.4) is 0 Å². The fraction of sp³-hybridized carbons (Fsp3) is 0.364. The van der Waals surface area contributed by atoms with Gasteiger partial charge in [0.2, 0.25) is 11.9 Å². The lowest BCUT2D eigenvalue weighted by molar-refractivity contribution is -0.131. The minimum atomic E-state index is -0.311. The van der Waals surface area contributed by atoms with Gasteiger partial charge < -0.3 is 14.3 Å². The predicted molar refractivity (Wildman–Crippen MR) is 110 cm³/mol. The Morgan fingerprint density at radius 3 is 2.73 bits per heavy atom. The molecule has 0 aliphatic carbocycles. The average molecular weight is 409 g/mol. The van der Waals surface area contributed by atoms with Gasteiger partial charge in [-0.15, -0.1) is 0 Å². The van der Waals surface area contributed by atoms with Crippen LogP contribution in [0.5, 0.6) is 0 Å². The van der Waals surface area contributed by atoms with Crippen molar-refractivity contribution in [1.82, 2.24) is 20.0 Å². The van der Waals surface area contributed by atoms with E-state index in [0.717, 1.165) is 35.4 Å². The summed E-state index contributed by atoms with van der Waals surface area (Å²) < 4.78 is 18.7. The summed E-state index contributed by atoms with van der Waals surface area (Å²) in [6, 6.07) is 7.72. The van der Waals surface area contributed by atoms with E-state index in [-0.39, 0.29) is 24.2 Å². The zero-order valence-corrected chi connectivity index (χ0v) is 17.3. The highest BCUT2D eigenvalue weighted by atomic mass is 19.1. The van der Waals surface area contributed by atoms with Crippen molar-refractivity contribution in [3.05, 3.63) is 59.3 Å². The number of carbonyl (C=O) groups excluding carboxylic acids is 1. The summed E-state index contributed by atoms with van der Waals surface area (Å²) in [5.74, 6) is 0.844. The van der Waals surface area contributed by atoms with Crippen LogP contribution in [0.15, 0.2) is 41.1 Å². The van der Waals surface area contributed by atoms with Crippen molar-refractivity contribution in [2.24, 2.45) is 0 Å². The van der Waals surface area contributed by atoms with Gasteiger partial charge >= 0.3 is 0 Å². The predicted octanol–water partition coefficient (Wildman–Crippen LogP) is 3.55. The highest BCUT2D eigenvalue weighted by molar-refractivity contribution is 5.80. The van der Waals surface area contributed by atoms with Gasteiger partial charge in [0.25, 0.3) is 0 Å². The molecule has 156 valence electrons. The Balaban J connectivity index is 1.67. The highest BCUT2D eigenvalue weighted by Crippen LogP contribution is 2.37. The number of nitrogens with zero attached hydrogens (tertiary/aromatic N) is 5. The standard InChI is InChI=1S/C22H24FN5O2/c1-14-11-19(30-26-14)17-13-24-22(27(2)3)25-21(17)18-5-4-10-28(18)20(29)12-15-6-8-16(23)9-7-15/h6-9,11,13,18H,4-5,10,12H2,1-3H3/t18-/m0/s1. The summed E-state index contributed by atoms with van der Waals surface area (Å²) in [4.78, 5) is 26.0. The second kappa shape index (κ2) is 8.22. The zero-order chi connectivity index (χ0) is 21.3. The molecule has 0 bridgehead atoms. The molecule has 0 saturated carbocycles. The number of aromatic nitrogens is 3. The van der Waals surface area contributed by atoms with Crippen LogP contribution >= 0.6 is 0 Å². The third-order valence-electron chi connectivity index (χ3n) is 5.26.